The van der Waals surface area contributed by atoms with Gasteiger partial charge in [-0.2, -0.15) is 0 Å². The standard InChI is InChI=1S/C13H19N3/c1-9(2)10-8-16-7-6-14-12(16)11(15-10)13(3,4)5/h6-9H,1-5H3. The fourth-order valence-electron chi connectivity index (χ4n) is 1.73. The number of aromatic nitrogens is 3. The molecule has 2 aromatic heterocycles. The van der Waals surface area contributed by atoms with Crippen LogP contribution in [-0.4, -0.2) is 14.4 Å². The molecule has 2 heterocycles. The molecule has 2 aromatic rings. The summed E-state index contributed by atoms with van der Waals surface area (Å²) in [5.74, 6) is 0.438. The summed E-state index contributed by atoms with van der Waals surface area (Å²) in [7, 11) is 0. The van der Waals surface area contributed by atoms with E-state index >= 15 is 0 Å². The normalized spacial score (nSPS) is 12.6. The highest BCUT2D eigenvalue weighted by Gasteiger charge is 2.21. The zero-order valence-electron chi connectivity index (χ0n) is 10.7. The molecule has 0 aliphatic carbocycles. The lowest BCUT2D eigenvalue weighted by Gasteiger charge is -2.20. The van der Waals surface area contributed by atoms with Gasteiger partial charge in [0.25, 0.3) is 0 Å². The largest absolute Gasteiger partial charge is 0.304 e. The van der Waals surface area contributed by atoms with Crippen LogP contribution in [0, 0.1) is 0 Å². The van der Waals surface area contributed by atoms with Crippen molar-refractivity contribution in [3.63, 3.8) is 0 Å². The average molecular weight is 217 g/mol. The van der Waals surface area contributed by atoms with E-state index < -0.39 is 0 Å². The minimum atomic E-state index is 0.0253. The molecular formula is C13H19N3. The lowest BCUT2D eigenvalue weighted by molar-refractivity contribution is 0.563. The highest BCUT2D eigenvalue weighted by Crippen LogP contribution is 2.25. The van der Waals surface area contributed by atoms with Gasteiger partial charge in [-0.05, 0) is 5.92 Å². The highest BCUT2D eigenvalue weighted by molar-refractivity contribution is 5.47. The van der Waals surface area contributed by atoms with E-state index in [2.05, 4.69) is 50.2 Å². The third kappa shape index (κ3) is 1.82. The smallest absolute Gasteiger partial charge is 0.159 e. The van der Waals surface area contributed by atoms with Gasteiger partial charge >= 0.3 is 0 Å². The minimum Gasteiger partial charge on any atom is -0.304 e. The third-order valence-electron chi connectivity index (χ3n) is 2.69. The van der Waals surface area contributed by atoms with E-state index in [4.69, 9.17) is 4.98 Å². The molecule has 0 aliphatic heterocycles. The van der Waals surface area contributed by atoms with Gasteiger partial charge in [0.15, 0.2) is 5.65 Å². The predicted molar refractivity (Wildman–Crippen MR) is 65.8 cm³/mol. The van der Waals surface area contributed by atoms with Crippen molar-refractivity contribution in [1.82, 2.24) is 14.4 Å². The molecule has 16 heavy (non-hydrogen) atoms. The van der Waals surface area contributed by atoms with Crippen LogP contribution in [0.3, 0.4) is 0 Å². The Balaban J connectivity index is 2.74. The Hall–Kier alpha value is -1.38. The number of nitrogens with zero attached hydrogens (tertiary/aromatic N) is 3. The molecule has 0 amide bonds. The molecule has 3 nitrogen and oxygen atoms in total. The zero-order chi connectivity index (χ0) is 11.9. The molecule has 0 unspecified atom stereocenters. The van der Waals surface area contributed by atoms with Crippen molar-refractivity contribution >= 4 is 5.65 Å². The van der Waals surface area contributed by atoms with Gasteiger partial charge in [0.1, 0.15) is 0 Å². The highest BCUT2D eigenvalue weighted by atomic mass is 15.0. The van der Waals surface area contributed by atoms with Crippen LogP contribution in [-0.2, 0) is 5.41 Å². The molecule has 3 heteroatoms. The summed E-state index contributed by atoms with van der Waals surface area (Å²) in [5, 5.41) is 0. The summed E-state index contributed by atoms with van der Waals surface area (Å²) in [6.07, 6.45) is 5.89. The van der Waals surface area contributed by atoms with Crippen molar-refractivity contribution in [1.29, 1.82) is 0 Å². The second kappa shape index (κ2) is 3.58. The Kier molecular flexibility index (Phi) is 2.49. The maximum Gasteiger partial charge on any atom is 0.159 e. The van der Waals surface area contributed by atoms with Gasteiger partial charge in [-0.1, -0.05) is 34.6 Å². The Morgan fingerprint density at radius 2 is 1.94 bits per heavy atom. The molecule has 86 valence electrons. The summed E-state index contributed by atoms with van der Waals surface area (Å²) in [4.78, 5) is 9.15. The molecule has 0 atom stereocenters. The maximum absolute atomic E-state index is 4.76. The Morgan fingerprint density at radius 1 is 1.25 bits per heavy atom. The molecule has 0 bridgehead atoms. The van der Waals surface area contributed by atoms with E-state index in [-0.39, 0.29) is 5.41 Å². The summed E-state index contributed by atoms with van der Waals surface area (Å²) in [6.45, 7) is 10.9. The van der Waals surface area contributed by atoms with Crippen LogP contribution in [0.25, 0.3) is 5.65 Å². The Morgan fingerprint density at radius 3 is 2.50 bits per heavy atom. The molecule has 2 rings (SSSR count). The molecule has 0 N–H and O–H groups in total. The third-order valence-corrected chi connectivity index (χ3v) is 2.69. The first kappa shape index (κ1) is 11.1. The first-order valence-electron chi connectivity index (χ1n) is 5.73. The van der Waals surface area contributed by atoms with Gasteiger partial charge in [0.2, 0.25) is 0 Å². The average Bonchev–Trinajstić information content (AvgIpc) is 2.61. The second-order valence-electron chi connectivity index (χ2n) is 5.58. The number of rotatable bonds is 1. The first-order chi connectivity index (χ1) is 7.39. The Bertz CT molecular complexity index is 503. The molecule has 0 fully saturated rings. The first-order valence-corrected chi connectivity index (χ1v) is 5.73. The Labute approximate surface area is 96.5 Å². The lowest BCUT2D eigenvalue weighted by Crippen LogP contribution is -2.17. The predicted octanol–water partition coefficient (Wildman–Crippen LogP) is 3.15. The van der Waals surface area contributed by atoms with Gasteiger partial charge in [-0.15, -0.1) is 0 Å². The molecule has 0 spiro atoms. The summed E-state index contributed by atoms with van der Waals surface area (Å²) in [6, 6.07) is 0. The number of hydrogen-bond donors (Lipinski definition) is 0. The van der Waals surface area contributed by atoms with Crippen LogP contribution in [0.5, 0.6) is 0 Å². The van der Waals surface area contributed by atoms with Crippen molar-refractivity contribution in [2.45, 2.75) is 46.0 Å². The van der Waals surface area contributed by atoms with Gasteiger partial charge in [-0.3, -0.25) is 4.98 Å². The summed E-state index contributed by atoms with van der Waals surface area (Å²) in [5.41, 5.74) is 3.19. The van der Waals surface area contributed by atoms with Crippen molar-refractivity contribution in [3.05, 3.63) is 30.0 Å². The molecule has 0 aliphatic rings. The molecule has 0 radical (unpaired) electrons. The fraction of sp³-hybridized carbons (Fsp3) is 0.538. The number of fused-ring (bicyclic) bond motifs is 1. The van der Waals surface area contributed by atoms with E-state index in [9.17, 15) is 0 Å². The van der Waals surface area contributed by atoms with E-state index in [1.54, 1.807) is 0 Å². The van der Waals surface area contributed by atoms with E-state index in [0.29, 0.717) is 5.92 Å². The van der Waals surface area contributed by atoms with E-state index in [1.807, 2.05) is 12.4 Å². The molecule has 0 aromatic carbocycles. The van der Waals surface area contributed by atoms with Crippen LogP contribution >= 0.6 is 0 Å². The van der Waals surface area contributed by atoms with Crippen molar-refractivity contribution in [3.8, 4) is 0 Å². The number of imidazole rings is 1. The monoisotopic (exact) mass is 217 g/mol. The number of hydrogen-bond acceptors (Lipinski definition) is 2. The van der Waals surface area contributed by atoms with Crippen LogP contribution in [0.1, 0.15) is 51.9 Å². The lowest BCUT2D eigenvalue weighted by atomic mass is 9.91. The van der Waals surface area contributed by atoms with Gasteiger partial charge < -0.3 is 4.40 Å². The summed E-state index contributed by atoms with van der Waals surface area (Å²) < 4.78 is 2.07. The van der Waals surface area contributed by atoms with Crippen molar-refractivity contribution in [2.24, 2.45) is 0 Å². The topological polar surface area (TPSA) is 30.2 Å². The van der Waals surface area contributed by atoms with Crippen LogP contribution in [0.2, 0.25) is 0 Å². The van der Waals surface area contributed by atoms with E-state index in [1.165, 1.54) is 0 Å². The molecular weight excluding hydrogens is 198 g/mol. The quantitative estimate of drug-likeness (QED) is 0.734. The van der Waals surface area contributed by atoms with Gasteiger partial charge in [0.05, 0.1) is 11.4 Å². The fourth-order valence-corrected chi connectivity index (χ4v) is 1.73. The second-order valence-corrected chi connectivity index (χ2v) is 5.58. The maximum atomic E-state index is 4.76. The molecule has 0 saturated carbocycles. The molecule has 0 saturated heterocycles. The van der Waals surface area contributed by atoms with Gasteiger partial charge in [0, 0.05) is 24.0 Å². The van der Waals surface area contributed by atoms with Crippen LogP contribution in [0.15, 0.2) is 18.6 Å². The van der Waals surface area contributed by atoms with Crippen LogP contribution in [0.4, 0.5) is 0 Å². The zero-order valence-corrected chi connectivity index (χ0v) is 10.7. The SMILES string of the molecule is CC(C)c1cn2ccnc2c(C(C)(C)C)n1. The van der Waals surface area contributed by atoms with Crippen molar-refractivity contribution < 1.29 is 0 Å². The van der Waals surface area contributed by atoms with Gasteiger partial charge in [-0.25, -0.2) is 4.98 Å². The van der Waals surface area contributed by atoms with Crippen molar-refractivity contribution in [2.75, 3.05) is 0 Å². The van der Waals surface area contributed by atoms with Crippen LogP contribution < -0.4 is 0 Å². The minimum absolute atomic E-state index is 0.0253. The van der Waals surface area contributed by atoms with E-state index in [0.717, 1.165) is 17.0 Å². The summed E-state index contributed by atoms with van der Waals surface area (Å²) >= 11 is 0.